The first-order chi connectivity index (χ1) is 10.5. The van der Waals surface area contributed by atoms with Crippen LogP contribution in [0.15, 0.2) is 24.5 Å². The third-order valence-electron chi connectivity index (χ3n) is 4.00. The smallest absolute Gasteiger partial charge is 0.163 e. The van der Waals surface area contributed by atoms with E-state index in [9.17, 15) is 5.11 Å². The minimum Gasteiger partial charge on any atom is -0.381 e. The van der Waals surface area contributed by atoms with Crippen molar-refractivity contribution in [2.45, 2.75) is 31.9 Å². The van der Waals surface area contributed by atoms with E-state index in [1.807, 2.05) is 24.8 Å². The van der Waals surface area contributed by atoms with Gasteiger partial charge in [0.25, 0.3) is 0 Å². The number of β-amino-alcohol motifs (C(OH)–C–C–N with tert-alkyl or cyclic N) is 1. The number of hydrogen-bond acceptors (Lipinski definition) is 6. The largest absolute Gasteiger partial charge is 0.381 e. The van der Waals surface area contributed by atoms with Crippen molar-refractivity contribution in [3.63, 3.8) is 0 Å². The zero-order valence-corrected chi connectivity index (χ0v) is 12.6. The molecule has 0 radical (unpaired) electrons. The lowest BCUT2D eigenvalue weighted by atomic mass is 10.00. The Balaban J connectivity index is 1.85. The zero-order chi connectivity index (χ0) is 15.7. The van der Waals surface area contributed by atoms with Crippen LogP contribution in [0.25, 0.3) is 0 Å². The van der Waals surface area contributed by atoms with Crippen LogP contribution in [-0.4, -0.2) is 38.2 Å². The number of hydrogen-bond donors (Lipinski definition) is 1. The van der Waals surface area contributed by atoms with Gasteiger partial charge in [-0.15, -0.1) is 5.10 Å². The molecule has 1 saturated heterocycles. The van der Waals surface area contributed by atoms with Crippen molar-refractivity contribution in [2.24, 2.45) is 0 Å². The number of aromatic nitrogens is 4. The highest BCUT2D eigenvalue weighted by atomic mass is 16.3. The van der Waals surface area contributed by atoms with E-state index in [2.05, 4.69) is 21.4 Å². The van der Waals surface area contributed by atoms with Crippen LogP contribution >= 0.6 is 0 Å². The summed E-state index contributed by atoms with van der Waals surface area (Å²) in [4.78, 5) is 6.05. The lowest BCUT2D eigenvalue weighted by Gasteiger charge is -2.22. The van der Waals surface area contributed by atoms with Crippen LogP contribution in [0.5, 0.6) is 0 Å². The fourth-order valence-electron chi connectivity index (χ4n) is 2.69. The van der Waals surface area contributed by atoms with Gasteiger partial charge in [0, 0.05) is 25.2 Å². The summed E-state index contributed by atoms with van der Waals surface area (Å²) in [6, 6.07) is 5.94. The van der Waals surface area contributed by atoms with Gasteiger partial charge >= 0.3 is 0 Å². The molecular weight excluding hydrogens is 280 g/mol. The van der Waals surface area contributed by atoms with E-state index in [0.29, 0.717) is 30.9 Å². The van der Waals surface area contributed by atoms with E-state index >= 15 is 0 Å². The van der Waals surface area contributed by atoms with Gasteiger partial charge in [-0.3, -0.25) is 0 Å². The lowest BCUT2D eigenvalue weighted by Crippen LogP contribution is -2.31. The molecular formula is C15H18N6O. The minimum absolute atomic E-state index is 0.200. The Hall–Kier alpha value is -2.46. The molecule has 7 heteroatoms. The summed E-state index contributed by atoms with van der Waals surface area (Å²) in [5.74, 6) is 0. The number of rotatable bonds is 3. The second-order valence-electron chi connectivity index (χ2n) is 5.86. The average Bonchev–Trinajstić information content (AvgIpc) is 3.15. The zero-order valence-electron chi connectivity index (χ0n) is 12.6. The molecule has 0 amide bonds. The molecule has 3 rings (SSSR count). The molecule has 1 aliphatic heterocycles. The number of anilines is 1. The quantitative estimate of drug-likeness (QED) is 0.916. The minimum atomic E-state index is -1.05. The Labute approximate surface area is 128 Å². The van der Waals surface area contributed by atoms with Crippen molar-refractivity contribution in [1.82, 2.24) is 20.0 Å². The third-order valence-corrected chi connectivity index (χ3v) is 4.00. The van der Waals surface area contributed by atoms with Gasteiger partial charge in [-0.05, 0) is 26.0 Å². The van der Waals surface area contributed by atoms with Gasteiger partial charge in [0.1, 0.15) is 17.4 Å². The Morgan fingerprint density at radius 1 is 1.45 bits per heavy atom. The molecule has 1 fully saturated rings. The average molecular weight is 298 g/mol. The summed E-state index contributed by atoms with van der Waals surface area (Å²) in [6.07, 6.45) is 3.94. The maximum atomic E-state index is 10.9. The van der Waals surface area contributed by atoms with E-state index < -0.39 is 5.60 Å². The van der Waals surface area contributed by atoms with Crippen LogP contribution in [0.2, 0.25) is 0 Å². The van der Waals surface area contributed by atoms with E-state index in [0.717, 1.165) is 5.69 Å². The van der Waals surface area contributed by atoms with Crippen molar-refractivity contribution >= 4 is 5.69 Å². The second-order valence-corrected chi connectivity index (χ2v) is 5.86. The van der Waals surface area contributed by atoms with Crippen LogP contribution in [0.3, 0.4) is 0 Å². The molecule has 1 N–H and O–H groups in total. The number of pyridine rings is 1. The van der Waals surface area contributed by atoms with Crippen LogP contribution < -0.4 is 4.90 Å². The van der Waals surface area contributed by atoms with E-state index in [1.165, 1.54) is 0 Å². The van der Waals surface area contributed by atoms with Crippen LogP contribution in [0.4, 0.5) is 5.69 Å². The highest BCUT2D eigenvalue weighted by molar-refractivity contribution is 5.57. The van der Waals surface area contributed by atoms with E-state index in [-0.39, 0.29) is 6.04 Å². The van der Waals surface area contributed by atoms with Crippen molar-refractivity contribution in [2.75, 3.05) is 18.0 Å². The Morgan fingerprint density at radius 3 is 2.95 bits per heavy atom. The third kappa shape index (κ3) is 2.42. The molecule has 1 atom stereocenters. The van der Waals surface area contributed by atoms with Crippen molar-refractivity contribution in [3.8, 4) is 6.07 Å². The van der Waals surface area contributed by atoms with Crippen molar-refractivity contribution in [3.05, 3.63) is 35.9 Å². The Kier molecular flexibility index (Phi) is 3.54. The molecule has 0 saturated carbocycles. The summed E-state index contributed by atoms with van der Waals surface area (Å²) in [5, 5.41) is 28.2. The second kappa shape index (κ2) is 5.39. The predicted octanol–water partition coefficient (Wildman–Crippen LogP) is 1.22. The highest BCUT2D eigenvalue weighted by Gasteiger charge is 2.41. The molecule has 1 aliphatic rings. The monoisotopic (exact) mass is 298 g/mol. The van der Waals surface area contributed by atoms with Gasteiger partial charge in [0.15, 0.2) is 5.69 Å². The molecule has 2 aromatic heterocycles. The first kappa shape index (κ1) is 14.5. The van der Waals surface area contributed by atoms with E-state index in [4.69, 9.17) is 5.26 Å². The van der Waals surface area contributed by atoms with Gasteiger partial charge in [-0.1, -0.05) is 5.21 Å². The summed E-state index contributed by atoms with van der Waals surface area (Å²) in [6.45, 7) is 5.05. The topological polar surface area (TPSA) is 90.9 Å². The van der Waals surface area contributed by atoms with Gasteiger partial charge in [0.2, 0.25) is 0 Å². The summed E-state index contributed by atoms with van der Waals surface area (Å²) >= 11 is 0. The fraction of sp³-hybridized carbons (Fsp3) is 0.467. The van der Waals surface area contributed by atoms with Gasteiger partial charge in [-0.2, -0.15) is 5.26 Å². The molecule has 0 bridgehead atoms. The molecule has 0 spiro atoms. The predicted molar refractivity (Wildman–Crippen MR) is 80.1 cm³/mol. The van der Waals surface area contributed by atoms with Gasteiger partial charge in [-0.25, -0.2) is 9.67 Å². The number of nitriles is 1. The summed E-state index contributed by atoms with van der Waals surface area (Å²) in [7, 11) is 0. The summed E-state index contributed by atoms with van der Waals surface area (Å²) < 4.78 is 1.74. The maximum absolute atomic E-state index is 10.9. The Morgan fingerprint density at radius 2 is 2.27 bits per heavy atom. The highest BCUT2D eigenvalue weighted by Crippen LogP contribution is 2.34. The van der Waals surface area contributed by atoms with Gasteiger partial charge in [0.05, 0.1) is 18.4 Å². The standard InChI is InChI=1S/C15H18N6O/c1-11(2)21-9-14(18-19-21)15(22)5-7-20(10-15)13-4-3-6-17-12(13)8-16/h3-4,6,9,11,22H,5,7,10H2,1-2H3. The van der Waals surface area contributed by atoms with Gasteiger partial charge < -0.3 is 10.0 Å². The normalized spacial score (nSPS) is 21.3. The first-order valence-electron chi connectivity index (χ1n) is 7.28. The molecule has 0 aromatic carbocycles. The number of nitrogens with zero attached hydrogens (tertiary/aromatic N) is 6. The fourth-order valence-corrected chi connectivity index (χ4v) is 2.69. The lowest BCUT2D eigenvalue weighted by molar-refractivity contribution is 0.0559. The Bertz CT molecular complexity index is 719. The van der Waals surface area contributed by atoms with Crippen LogP contribution in [-0.2, 0) is 5.60 Å². The summed E-state index contributed by atoms with van der Waals surface area (Å²) in [5.41, 5.74) is 0.649. The van der Waals surface area contributed by atoms with E-state index in [1.54, 1.807) is 23.1 Å². The molecule has 2 aromatic rings. The molecule has 1 unspecified atom stereocenters. The molecule has 3 heterocycles. The van der Waals surface area contributed by atoms with Crippen molar-refractivity contribution < 1.29 is 5.11 Å². The van der Waals surface area contributed by atoms with Crippen molar-refractivity contribution in [1.29, 1.82) is 5.26 Å². The maximum Gasteiger partial charge on any atom is 0.163 e. The molecule has 0 aliphatic carbocycles. The SMILES string of the molecule is CC(C)n1cc(C2(O)CCN(c3cccnc3C#N)C2)nn1. The molecule has 7 nitrogen and oxygen atoms in total. The van der Waals surface area contributed by atoms with Crippen LogP contribution in [0, 0.1) is 11.3 Å². The number of aliphatic hydroxyl groups is 1. The first-order valence-corrected chi connectivity index (χ1v) is 7.28. The molecule has 22 heavy (non-hydrogen) atoms. The molecule has 114 valence electrons. The van der Waals surface area contributed by atoms with Crippen LogP contribution in [0.1, 0.15) is 37.7 Å².